The molecule has 2 aliphatic heterocycles. The van der Waals surface area contributed by atoms with Crippen molar-refractivity contribution in [2.45, 2.75) is 13.5 Å². The molecule has 1 saturated heterocycles. The Morgan fingerprint density at radius 2 is 1.97 bits per heavy atom. The highest BCUT2D eigenvalue weighted by Crippen LogP contribution is 2.33. The highest BCUT2D eigenvalue weighted by molar-refractivity contribution is 7.94. The van der Waals surface area contributed by atoms with Crippen LogP contribution >= 0.6 is 11.6 Å². The maximum absolute atomic E-state index is 12.5. The van der Waals surface area contributed by atoms with Gasteiger partial charge in [-0.2, -0.15) is 0 Å². The van der Waals surface area contributed by atoms with Crippen molar-refractivity contribution in [3.8, 4) is 11.5 Å². The summed E-state index contributed by atoms with van der Waals surface area (Å²) in [5, 5.41) is 2.80. The van der Waals surface area contributed by atoms with Crippen molar-refractivity contribution in [1.29, 1.82) is 0 Å². The van der Waals surface area contributed by atoms with Crippen molar-refractivity contribution in [1.82, 2.24) is 5.32 Å². The number of sulfonamides is 1. The van der Waals surface area contributed by atoms with Gasteiger partial charge in [-0.05, 0) is 35.9 Å². The summed E-state index contributed by atoms with van der Waals surface area (Å²) in [7, 11) is -3.74. The molecule has 2 aromatic carbocycles. The lowest BCUT2D eigenvalue weighted by Crippen LogP contribution is -2.30. The molecule has 0 aromatic heterocycles. The Balaban J connectivity index is 1.49. The Labute approximate surface area is 172 Å². The number of nitrogens with one attached hydrogen (secondary N) is 1. The third-order valence-electron chi connectivity index (χ3n) is 4.68. The highest BCUT2D eigenvalue weighted by Gasteiger charge is 2.42. The third kappa shape index (κ3) is 3.63. The number of carbonyl (C=O) groups is 2. The first kappa shape index (κ1) is 19.5. The van der Waals surface area contributed by atoms with E-state index in [4.69, 9.17) is 21.1 Å². The normalized spacial score (nSPS) is 19.4. The minimum absolute atomic E-state index is 0.0493. The van der Waals surface area contributed by atoms with E-state index in [2.05, 4.69) is 5.32 Å². The molecule has 10 heteroatoms. The number of hydrogen-bond acceptors (Lipinski definition) is 6. The summed E-state index contributed by atoms with van der Waals surface area (Å²) in [6.45, 7) is 1.96. The molecule has 0 unspecified atom stereocenters. The van der Waals surface area contributed by atoms with Crippen LogP contribution in [0.25, 0.3) is 0 Å². The van der Waals surface area contributed by atoms with Gasteiger partial charge in [0.25, 0.3) is 5.91 Å². The van der Waals surface area contributed by atoms with Gasteiger partial charge in [0.05, 0.1) is 27.9 Å². The molecule has 1 atom stereocenters. The fraction of sp³-hybridized carbons (Fsp3) is 0.263. The Morgan fingerprint density at radius 1 is 1.21 bits per heavy atom. The summed E-state index contributed by atoms with van der Waals surface area (Å²) in [6.07, 6.45) is 0. The van der Waals surface area contributed by atoms with Gasteiger partial charge in [0.2, 0.25) is 22.7 Å². The smallest absolute Gasteiger partial charge is 0.253 e. The lowest BCUT2D eigenvalue weighted by atomic mass is 10.1. The van der Waals surface area contributed by atoms with Gasteiger partial charge in [0.1, 0.15) is 0 Å². The van der Waals surface area contributed by atoms with Crippen LogP contribution < -0.4 is 19.1 Å². The van der Waals surface area contributed by atoms with Crippen LogP contribution in [-0.2, 0) is 21.4 Å². The Morgan fingerprint density at radius 3 is 2.66 bits per heavy atom. The highest BCUT2D eigenvalue weighted by atomic mass is 35.5. The van der Waals surface area contributed by atoms with Crippen molar-refractivity contribution in [3.63, 3.8) is 0 Å². The molecule has 0 bridgehead atoms. The maximum Gasteiger partial charge on any atom is 0.253 e. The van der Waals surface area contributed by atoms with Gasteiger partial charge in [0, 0.05) is 6.54 Å². The van der Waals surface area contributed by atoms with Gasteiger partial charge in [-0.1, -0.05) is 24.6 Å². The van der Waals surface area contributed by atoms with Crippen LogP contribution in [0.1, 0.15) is 22.8 Å². The van der Waals surface area contributed by atoms with Gasteiger partial charge in [-0.3, -0.25) is 9.59 Å². The van der Waals surface area contributed by atoms with E-state index >= 15 is 0 Å². The van der Waals surface area contributed by atoms with Crippen LogP contribution in [0, 0.1) is 5.92 Å². The van der Waals surface area contributed by atoms with Gasteiger partial charge < -0.3 is 14.8 Å². The molecule has 4 rings (SSSR count). The Kier molecular flexibility index (Phi) is 4.87. The molecule has 152 valence electrons. The summed E-state index contributed by atoms with van der Waals surface area (Å²) in [4.78, 5) is 24.7. The average Bonchev–Trinajstić information content (AvgIpc) is 3.20. The van der Waals surface area contributed by atoms with E-state index in [1.807, 2.05) is 6.07 Å². The second kappa shape index (κ2) is 7.23. The summed E-state index contributed by atoms with van der Waals surface area (Å²) >= 11 is 6.21. The zero-order valence-corrected chi connectivity index (χ0v) is 16.9. The standard InChI is InChI=1S/C19H17ClN2O6S/c1-11-9-29(25,26)22(19(11)24)13-3-4-14(15(20)7-13)18(23)21-8-12-2-5-16-17(6-12)28-10-27-16/h2-7,11H,8-10H2,1H3,(H,21,23)/t11-/m0/s1. The van der Waals surface area contributed by atoms with E-state index < -0.39 is 27.8 Å². The second-order valence-electron chi connectivity index (χ2n) is 6.82. The first-order chi connectivity index (χ1) is 13.8. The van der Waals surface area contributed by atoms with Crippen molar-refractivity contribution in [3.05, 3.63) is 52.5 Å². The largest absolute Gasteiger partial charge is 0.454 e. The fourth-order valence-corrected chi connectivity index (χ4v) is 5.30. The molecule has 8 nitrogen and oxygen atoms in total. The topological polar surface area (TPSA) is 102 Å². The number of hydrogen-bond donors (Lipinski definition) is 1. The molecule has 29 heavy (non-hydrogen) atoms. The van der Waals surface area contributed by atoms with Crippen molar-refractivity contribution < 1.29 is 27.5 Å². The van der Waals surface area contributed by atoms with Gasteiger partial charge in [-0.15, -0.1) is 0 Å². The molecule has 2 aromatic rings. The number of halogens is 1. The molecule has 1 N–H and O–H groups in total. The summed E-state index contributed by atoms with van der Waals surface area (Å²) in [5.41, 5.74) is 1.11. The number of ether oxygens (including phenoxy) is 2. The number of fused-ring (bicyclic) bond motifs is 1. The quantitative estimate of drug-likeness (QED) is 0.789. The van der Waals surface area contributed by atoms with Crippen LogP contribution in [0.15, 0.2) is 36.4 Å². The van der Waals surface area contributed by atoms with E-state index in [9.17, 15) is 18.0 Å². The van der Waals surface area contributed by atoms with E-state index in [0.29, 0.717) is 11.5 Å². The predicted octanol–water partition coefficient (Wildman–Crippen LogP) is 2.31. The molecule has 2 heterocycles. The molecule has 0 spiro atoms. The lowest BCUT2D eigenvalue weighted by molar-refractivity contribution is -0.119. The zero-order chi connectivity index (χ0) is 20.8. The Bertz CT molecular complexity index is 1120. The van der Waals surface area contributed by atoms with E-state index in [1.165, 1.54) is 18.2 Å². The molecule has 0 radical (unpaired) electrons. The first-order valence-corrected chi connectivity index (χ1v) is 10.8. The van der Waals surface area contributed by atoms with Gasteiger partial charge >= 0.3 is 0 Å². The molecular formula is C19H17ClN2O6S. The summed E-state index contributed by atoms with van der Waals surface area (Å²) in [5.74, 6) is -0.543. The maximum atomic E-state index is 12.5. The number of anilines is 1. The molecule has 0 saturated carbocycles. The first-order valence-electron chi connectivity index (χ1n) is 8.79. The van der Waals surface area contributed by atoms with Crippen LogP contribution in [-0.4, -0.2) is 32.8 Å². The number of nitrogens with zero attached hydrogens (tertiary/aromatic N) is 1. The van der Waals surface area contributed by atoms with Crippen LogP contribution in [0.4, 0.5) is 5.69 Å². The molecule has 2 amide bonds. The monoisotopic (exact) mass is 436 g/mol. The van der Waals surface area contributed by atoms with Crippen molar-refractivity contribution in [2.24, 2.45) is 5.92 Å². The SMILES string of the molecule is C[C@H]1CS(=O)(=O)N(c2ccc(C(=O)NCc3ccc4c(c3)OCO4)c(Cl)c2)C1=O. The third-order valence-corrected chi connectivity index (χ3v) is 6.86. The lowest BCUT2D eigenvalue weighted by Gasteiger charge is -2.16. The summed E-state index contributed by atoms with van der Waals surface area (Å²) < 4.78 is 35.7. The van der Waals surface area contributed by atoms with Gasteiger partial charge in [-0.25, -0.2) is 12.7 Å². The van der Waals surface area contributed by atoms with E-state index in [0.717, 1.165) is 9.87 Å². The molecule has 1 fully saturated rings. The van der Waals surface area contributed by atoms with Gasteiger partial charge in [0.15, 0.2) is 11.5 Å². The number of rotatable bonds is 4. The minimum Gasteiger partial charge on any atom is -0.454 e. The minimum atomic E-state index is -3.74. The van der Waals surface area contributed by atoms with Crippen LogP contribution in [0.2, 0.25) is 5.02 Å². The number of carbonyl (C=O) groups excluding carboxylic acids is 2. The molecule has 2 aliphatic rings. The average molecular weight is 437 g/mol. The van der Waals surface area contributed by atoms with E-state index in [-0.39, 0.29) is 35.4 Å². The van der Waals surface area contributed by atoms with E-state index in [1.54, 1.807) is 19.1 Å². The van der Waals surface area contributed by atoms with Crippen LogP contribution in [0.5, 0.6) is 11.5 Å². The zero-order valence-electron chi connectivity index (χ0n) is 15.3. The van der Waals surface area contributed by atoms with Crippen molar-refractivity contribution >= 4 is 39.1 Å². The number of amides is 2. The molecular weight excluding hydrogens is 420 g/mol. The fourth-order valence-electron chi connectivity index (χ4n) is 3.23. The summed E-state index contributed by atoms with van der Waals surface area (Å²) in [6, 6.07) is 9.46. The predicted molar refractivity (Wildman–Crippen MR) is 106 cm³/mol. The second-order valence-corrected chi connectivity index (χ2v) is 9.09. The Hall–Kier alpha value is -2.78. The molecule has 0 aliphatic carbocycles. The van der Waals surface area contributed by atoms with Crippen LogP contribution in [0.3, 0.4) is 0 Å². The van der Waals surface area contributed by atoms with Crippen molar-refractivity contribution in [2.75, 3.05) is 16.9 Å². The number of benzene rings is 2.